The van der Waals surface area contributed by atoms with Gasteiger partial charge in [-0.25, -0.2) is 8.42 Å². The van der Waals surface area contributed by atoms with Gasteiger partial charge in [0, 0.05) is 10.4 Å². The summed E-state index contributed by atoms with van der Waals surface area (Å²) in [6.45, 7) is 2.25. The molecule has 0 aliphatic heterocycles. The first-order valence-corrected chi connectivity index (χ1v) is 9.88. The Morgan fingerprint density at radius 1 is 1.17 bits per heavy atom. The average molecular weight is 408 g/mol. The Morgan fingerprint density at radius 3 is 2.50 bits per heavy atom. The largest absolute Gasteiger partial charge is 0.286 e. The molecule has 0 bridgehead atoms. The summed E-state index contributed by atoms with van der Waals surface area (Å²) < 4.78 is 25.2. The Balaban J connectivity index is 1.51. The highest BCUT2D eigenvalue weighted by Gasteiger charge is 2.30. The molecule has 0 spiro atoms. The minimum Gasteiger partial charge on any atom is -0.286 e. The van der Waals surface area contributed by atoms with Crippen LogP contribution in [0.15, 0.2) is 63.5 Å². The van der Waals surface area contributed by atoms with Gasteiger partial charge in [-0.2, -0.15) is 0 Å². The summed E-state index contributed by atoms with van der Waals surface area (Å²) in [6, 6.07) is 14.7. The molecule has 0 aromatic heterocycles. The zero-order valence-corrected chi connectivity index (χ0v) is 15.6. The molecule has 1 aliphatic rings. The monoisotopic (exact) mass is 407 g/mol. The third kappa shape index (κ3) is 4.54. The standard InChI is InChI=1S/C18H18BrNO3S/c1-13-2-8-18(9-3-13)24(21,22)20-23-12-16-11-15(16)10-14-4-6-17(19)7-5-14/h2-10,16,20H,11-12H2,1H3/b15-10+. The molecule has 1 N–H and O–H groups in total. The van der Waals surface area contributed by atoms with Crippen LogP contribution in [0.5, 0.6) is 0 Å². The van der Waals surface area contributed by atoms with E-state index < -0.39 is 10.0 Å². The fourth-order valence-corrected chi connectivity index (χ4v) is 3.40. The molecule has 0 heterocycles. The fourth-order valence-electron chi connectivity index (χ4n) is 2.32. The van der Waals surface area contributed by atoms with Crippen LogP contribution in [0.25, 0.3) is 6.08 Å². The molecule has 126 valence electrons. The van der Waals surface area contributed by atoms with Crippen molar-refractivity contribution in [3.05, 3.63) is 69.7 Å². The Hall–Kier alpha value is -1.47. The first kappa shape index (κ1) is 17.4. The molecule has 6 heteroatoms. The number of sulfonamides is 1. The molecule has 3 rings (SSSR count). The van der Waals surface area contributed by atoms with Crippen LogP contribution in [0.2, 0.25) is 0 Å². The lowest BCUT2D eigenvalue weighted by molar-refractivity contribution is 0.0867. The number of hydrogen-bond acceptors (Lipinski definition) is 3. The van der Waals surface area contributed by atoms with Crippen LogP contribution >= 0.6 is 15.9 Å². The number of nitrogens with one attached hydrogen (secondary N) is 1. The third-order valence-electron chi connectivity index (χ3n) is 3.85. The maximum atomic E-state index is 12.1. The van der Waals surface area contributed by atoms with Crippen LogP contribution in [0.3, 0.4) is 0 Å². The Bertz CT molecular complexity index is 843. The van der Waals surface area contributed by atoms with Crippen molar-refractivity contribution in [3.63, 3.8) is 0 Å². The van der Waals surface area contributed by atoms with Crippen LogP contribution < -0.4 is 4.89 Å². The van der Waals surface area contributed by atoms with Crippen molar-refractivity contribution in [1.82, 2.24) is 4.89 Å². The molecular weight excluding hydrogens is 390 g/mol. The topological polar surface area (TPSA) is 55.4 Å². The van der Waals surface area contributed by atoms with Crippen LogP contribution in [-0.2, 0) is 14.9 Å². The second-order valence-electron chi connectivity index (χ2n) is 5.88. The number of aryl methyl sites for hydroxylation is 1. The van der Waals surface area contributed by atoms with Gasteiger partial charge < -0.3 is 0 Å². The van der Waals surface area contributed by atoms with E-state index >= 15 is 0 Å². The quantitative estimate of drug-likeness (QED) is 0.734. The van der Waals surface area contributed by atoms with E-state index in [1.54, 1.807) is 24.3 Å². The molecule has 0 saturated heterocycles. The van der Waals surface area contributed by atoms with Gasteiger partial charge in [-0.05, 0) is 43.2 Å². The van der Waals surface area contributed by atoms with E-state index in [0.29, 0.717) is 6.61 Å². The van der Waals surface area contributed by atoms with Gasteiger partial charge in [0.1, 0.15) is 0 Å². The number of hydrogen-bond donors (Lipinski definition) is 1. The third-order valence-corrected chi connectivity index (χ3v) is 5.61. The van der Waals surface area contributed by atoms with E-state index in [9.17, 15) is 8.42 Å². The van der Waals surface area contributed by atoms with E-state index in [1.807, 2.05) is 31.2 Å². The fraction of sp³-hybridized carbons (Fsp3) is 0.222. The van der Waals surface area contributed by atoms with Gasteiger partial charge in [-0.1, -0.05) is 62.3 Å². The lowest BCUT2D eigenvalue weighted by atomic mass is 10.2. The lowest BCUT2D eigenvalue weighted by Crippen LogP contribution is -2.25. The van der Waals surface area contributed by atoms with Gasteiger partial charge in [0.25, 0.3) is 10.0 Å². The molecule has 24 heavy (non-hydrogen) atoms. The SMILES string of the molecule is Cc1ccc(S(=O)(=O)NOCC2C/C2=C\c2ccc(Br)cc2)cc1. The van der Waals surface area contributed by atoms with Crippen molar-refractivity contribution in [2.24, 2.45) is 5.92 Å². The molecule has 1 atom stereocenters. The summed E-state index contributed by atoms with van der Waals surface area (Å²) in [5.41, 5.74) is 3.42. The highest BCUT2D eigenvalue weighted by Crippen LogP contribution is 2.39. The second kappa shape index (κ2) is 7.19. The molecule has 0 amide bonds. The van der Waals surface area contributed by atoms with E-state index in [0.717, 1.165) is 22.0 Å². The highest BCUT2D eigenvalue weighted by atomic mass is 79.9. The molecule has 1 fully saturated rings. The van der Waals surface area contributed by atoms with Crippen molar-refractivity contribution in [2.75, 3.05) is 6.61 Å². The van der Waals surface area contributed by atoms with Gasteiger partial charge in [-0.15, -0.1) is 0 Å². The smallest absolute Gasteiger partial charge is 0.262 e. The van der Waals surface area contributed by atoms with Crippen LogP contribution in [0.1, 0.15) is 17.5 Å². The number of halogens is 1. The average Bonchev–Trinajstić information content (AvgIpc) is 3.28. The van der Waals surface area contributed by atoms with Crippen LogP contribution in [0.4, 0.5) is 0 Å². The molecule has 2 aromatic carbocycles. The van der Waals surface area contributed by atoms with E-state index in [1.165, 1.54) is 5.57 Å². The second-order valence-corrected chi connectivity index (χ2v) is 8.44. The maximum absolute atomic E-state index is 12.1. The zero-order valence-electron chi connectivity index (χ0n) is 13.2. The summed E-state index contributed by atoms with van der Waals surface area (Å²) >= 11 is 3.41. The predicted octanol–water partition coefficient (Wildman–Crippen LogP) is 4.07. The van der Waals surface area contributed by atoms with Gasteiger partial charge >= 0.3 is 0 Å². The summed E-state index contributed by atoms with van der Waals surface area (Å²) in [5.74, 6) is 0.273. The molecular formula is C18H18BrNO3S. The Kier molecular flexibility index (Phi) is 5.20. The molecule has 1 aliphatic carbocycles. The van der Waals surface area contributed by atoms with Crippen LogP contribution in [-0.4, -0.2) is 15.0 Å². The van der Waals surface area contributed by atoms with E-state index in [4.69, 9.17) is 4.84 Å². The zero-order chi connectivity index (χ0) is 17.2. The van der Waals surface area contributed by atoms with Gasteiger partial charge in [-0.3, -0.25) is 4.84 Å². The highest BCUT2D eigenvalue weighted by molar-refractivity contribution is 9.10. The predicted molar refractivity (Wildman–Crippen MR) is 97.7 cm³/mol. The first-order chi connectivity index (χ1) is 11.4. The number of rotatable bonds is 6. The van der Waals surface area contributed by atoms with Crippen molar-refractivity contribution in [2.45, 2.75) is 18.2 Å². The van der Waals surface area contributed by atoms with Gasteiger partial charge in [0.2, 0.25) is 0 Å². The van der Waals surface area contributed by atoms with Crippen LogP contribution in [0, 0.1) is 12.8 Å². The molecule has 2 aromatic rings. The Labute approximate surface area is 150 Å². The van der Waals surface area contributed by atoms with Gasteiger partial charge in [0.15, 0.2) is 0 Å². The lowest BCUT2D eigenvalue weighted by Gasteiger charge is -2.06. The van der Waals surface area contributed by atoms with Crippen molar-refractivity contribution >= 4 is 32.0 Å². The summed E-state index contributed by atoms with van der Waals surface area (Å²) in [5, 5.41) is 0. The first-order valence-electron chi connectivity index (χ1n) is 7.60. The summed E-state index contributed by atoms with van der Waals surface area (Å²) in [7, 11) is -3.62. The van der Waals surface area contributed by atoms with Crippen molar-refractivity contribution in [1.29, 1.82) is 0 Å². The minimum atomic E-state index is -3.62. The number of benzene rings is 2. The van der Waals surface area contributed by atoms with Gasteiger partial charge in [0.05, 0.1) is 11.5 Å². The molecule has 4 nitrogen and oxygen atoms in total. The maximum Gasteiger partial charge on any atom is 0.262 e. The molecule has 1 unspecified atom stereocenters. The summed E-state index contributed by atoms with van der Waals surface area (Å²) in [4.78, 5) is 7.61. The molecule has 1 saturated carbocycles. The Morgan fingerprint density at radius 2 is 1.83 bits per heavy atom. The van der Waals surface area contributed by atoms with Crippen molar-refractivity contribution < 1.29 is 13.3 Å². The van der Waals surface area contributed by atoms with E-state index in [2.05, 4.69) is 26.9 Å². The summed E-state index contributed by atoms with van der Waals surface area (Å²) in [6.07, 6.45) is 3.05. The van der Waals surface area contributed by atoms with E-state index in [-0.39, 0.29) is 10.8 Å². The normalized spacial score (nSPS) is 18.8. The minimum absolute atomic E-state index is 0.203. The van der Waals surface area contributed by atoms with Crippen molar-refractivity contribution in [3.8, 4) is 0 Å². The molecule has 0 radical (unpaired) electrons.